The van der Waals surface area contributed by atoms with Crippen molar-refractivity contribution in [3.8, 4) is 17.2 Å². The molecule has 0 spiro atoms. The Balaban J connectivity index is 1.50. The Morgan fingerprint density at radius 1 is 1.09 bits per heavy atom. The van der Waals surface area contributed by atoms with Crippen LogP contribution in [0.5, 0.6) is 5.75 Å². The predicted octanol–water partition coefficient (Wildman–Crippen LogP) is 5.25. The molecule has 1 N–H and O–H groups in total. The molecule has 0 aliphatic carbocycles. The van der Waals surface area contributed by atoms with Gasteiger partial charge in [-0.25, -0.2) is 9.67 Å². The molecule has 0 fully saturated rings. The molecule has 0 bridgehead atoms. The number of anilines is 1. The van der Waals surface area contributed by atoms with Crippen LogP contribution in [0.2, 0.25) is 0 Å². The van der Waals surface area contributed by atoms with E-state index in [2.05, 4.69) is 20.6 Å². The fraction of sp³-hybridized carbons (Fsp3) is 0.308. The van der Waals surface area contributed by atoms with Gasteiger partial charge in [0.25, 0.3) is 5.91 Å². The van der Waals surface area contributed by atoms with Gasteiger partial charge in [0.1, 0.15) is 17.2 Å². The predicted molar refractivity (Wildman–Crippen MR) is 130 cm³/mol. The van der Waals surface area contributed by atoms with E-state index in [1.165, 1.54) is 0 Å². The number of oxazole rings is 1. The number of amides is 1. The number of benzene rings is 2. The zero-order valence-corrected chi connectivity index (χ0v) is 20.3. The quantitative estimate of drug-likeness (QED) is 0.405. The Labute approximate surface area is 199 Å². The Morgan fingerprint density at radius 3 is 2.53 bits per heavy atom. The monoisotopic (exact) mass is 459 g/mol. The Morgan fingerprint density at radius 2 is 1.82 bits per heavy atom. The van der Waals surface area contributed by atoms with Crippen LogP contribution >= 0.6 is 0 Å². The molecule has 0 saturated carbocycles. The first-order valence-electron chi connectivity index (χ1n) is 11.2. The lowest BCUT2D eigenvalue weighted by Crippen LogP contribution is -2.15. The summed E-state index contributed by atoms with van der Waals surface area (Å²) in [6.07, 6.45) is 0.111. The Kier molecular flexibility index (Phi) is 6.49. The fourth-order valence-corrected chi connectivity index (χ4v) is 3.58. The topological polar surface area (TPSA) is 95.1 Å². The van der Waals surface area contributed by atoms with E-state index in [0.29, 0.717) is 23.9 Å². The Bertz CT molecular complexity index is 1320. The van der Waals surface area contributed by atoms with Crippen LogP contribution in [0, 0.1) is 27.7 Å². The van der Waals surface area contributed by atoms with Crippen molar-refractivity contribution in [1.29, 1.82) is 0 Å². The number of nitrogens with one attached hydrogen (secondary N) is 1. The highest BCUT2D eigenvalue weighted by molar-refractivity contribution is 6.04. The smallest absolute Gasteiger partial charge is 0.278 e. The summed E-state index contributed by atoms with van der Waals surface area (Å²) in [6.45, 7) is 12.0. The minimum Gasteiger partial charge on any atom is -0.491 e. The summed E-state index contributed by atoms with van der Waals surface area (Å²) in [5, 5.41) is 11.2. The second-order valence-electron chi connectivity index (χ2n) is 8.60. The highest BCUT2D eigenvalue weighted by atomic mass is 16.5. The van der Waals surface area contributed by atoms with Gasteiger partial charge in [-0.1, -0.05) is 17.3 Å². The standard InChI is InChI=1S/C26H29N5O3/c1-15(2)33-21-12-10-20(11-13-21)26-28-23(19(6)34-26)14-31-18(5)24(29-30-31)25(32)27-22-9-7-8-16(3)17(22)4/h7-13,15H,14H2,1-6H3,(H,27,32). The molecule has 2 heterocycles. The Hall–Kier alpha value is -3.94. The number of nitrogens with zero attached hydrogens (tertiary/aromatic N) is 4. The number of rotatable bonds is 7. The molecule has 2 aromatic heterocycles. The molecule has 34 heavy (non-hydrogen) atoms. The largest absolute Gasteiger partial charge is 0.491 e. The normalized spacial score (nSPS) is 11.1. The number of aromatic nitrogens is 4. The maximum Gasteiger partial charge on any atom is 0.278 e. The maximum atomic E-state index is 12.8. The summed E-state index contributed by atoms with van der Waals surface area (Å²) >= 11 is 0. The molecule has 176 valence electrons. The van der Waals surface area contributed by atoms with Crippen molar-refractivity contribution in [2.24, 2.45) is 0 Å². The molecule has 0 unspecified atom stereocenters. The van der Waals surface area contributed by atoms with Crippen molar-refractivity contribution in [3.05, 3.63) is 76.4 Å². The van der Waals surface area contributed by atoms with E-state index in [0.717, 1.165) is 33.8 Å². The molecule has 0 saturated heterocycles. The summed E-state index contributed by atoms with van der Waals surface area (Å²) < 4.78 is 13.3. The number of hydrogen-bond acceptors (Lipinski definition) is 6. The van der Waals surface area contributed by atoms with Crippen LogP contribution in [-0.4, -0.2) is 32.0 Å². The van der Waals surface area contributed by atoms with Crippen molar-refractivity contribution in [2.75, 3.05) is 5.32 Å². The lowest BCUT2D eigenvalue weighted by Gasteiger charge is -2.09. The first kappa shape index (κ1) is 23.2. The maximum absolute atomic E-state index is 12.8. The highest BCUT2D eigenvalue weighted by Crippen LogP contribution is 2.25. The number of hydrogen-bond donors (Lipinski definition) is 1. The summed E-state index contributed by atoms with van der Waals surface area (Å²) in [5.41, 5.74) is 5.42. The molecular weight excluding hydrogens is 430 g/mol. The van der Waals surface area contributed by atoms with Crippen LogP contribution in [0.1, 0.15) is 52.6 Å². The van der Waals surface area contributed by atoms with Crippen molar-refractivity contribution in [1.82, 2.24) is 20.0 Å². The first-order valence-corrected chi connectivity index (χ1v) is 11.2. The van der Waals surface area contributed by atoms with Gasteiger partial charge in [0.15, 0.2) is 5.69 Å². The molecule has 0 aliphatic heterocycles. The van der Waals surface area contributed by atoms with Gasteiger partial charge in [0.2, 0.25) is 5.89 Å². The van der Waals surface area contributed by atoms with Gasteiger partial charge in [-0.05, 0) is 83.0 Å². The molecule has 0 aliphatic rings. The number of carbonyl (C=O) groups is 1. The van der Waals surface area contributed by atoms with Crippen molar-refractivity contribution < 1.29 is 13.9 Å². The third-order valence-electron chi connectivity index (χ3n) is 5.72. The summed E-state index contributed by atoms with van der Waals surface area (Å²) in [7, 11) is 0. The summed E-state index contributed by atoms with van der Waals surface area (Å²) in [4.78, 5) is 17.5. The molecule has 0 atom stereocenters. The van der Waals surface area contributed by atoms with E-state index < -0.39 is 0 Å². The van der Waals surface area contributed by atoms with Crippen LogP contribution in [0.15, 0.2) is 46.9 Å². The summed E-state index contributed by atoms with van der Waals surface area (Å²) in [6, 6.07) is 13.4. The number of carbonyl (C=O) groups excluding carboxylic acids is 1. The second-order valence-corrected chi connectivity index (χ2v) is 8.60. The van der Waals surface area contributed by atoms with Crippen molar-refractivity contribution in [3.63, 3.8) is 0 Å². The van der Waals surface area contributed by atoms with E-state index in [4.69, 9.17) is 9.15 Å². The van der Waals surface area contributed by atoms with Crippen LogP contribution in [0.25, 0.3) is 11.5 Å². The third-order valence-corrected chi connectivity index (χ3v) is 5.72. The zero-order valence-electron chi connectivity index (χ0n) is 20.3. The highest BCUT2D eigenvalue weighted by Gasteiger charge is 2.20. The van der Waals surface area contributed by atoms with Gasteiger partial charge in [0, 0.05) is 11.3 Å². The minimum atomic E-state index is -0.293. The van der Waals surface area contributed by atoms with E-state index in [1.54, 1.807) is 4.68 Å². The number of aryl methyl sites for hydroxylation is 2. The van der Waals surface area contributed by atoms with Crippen molar-refractivity contribution in [2.45, 2.75) is 54.2 Å². The van der Waals surface area contributed by atoms with Gasteiger partial charge in [-0.2, -0.15) is 0 Å². The number of ether oxygens (including phenoxy) is 1. The lowest BCUT2D eigenvalue weighted by molar-refractivity contribution is 0.102. The van der Waals surface area contributed by atoms with E-state index in [-0.39, 0.29) is 17.7 Å². The van der Waals surface area contributed by atoms with Crippen molar-refractivity contribution >= 4 is 11.6 Å². The SMILES string of the molecule is Cc1cccc(NC(=O)c2nnn(Cc3nc(-c4ccc(OC(C)C)cc4)oc3C)c2C)c1C. The lowest BCUT2D eigenvalue weighted by atomic mass is 10.1. The molecule has 1 amide bonds. The third kappa shape index (κ3) is 4.85. The van der Waals surface area contributed by atoms with Crippen LogP contribution < -0.4 is 10.1 Å². The van der Waals surface area contributed by atoms with Crippen LogP contribution in [-0.2, 0) is 6.54 Å². The van der Waals surface area contributed by atoms with Crippen LogP contribution in [0.3, 0.4) is 0 Å². The molecule has 2 aromatic carbocycles. The van der Waals surface area contributed by atoms with Gasteiger partial charge in [0.05, 0.1) is 18.3 Å². The minimum absolute atomic E-state index is 0.111. The van der Waals surface area contributed by atoms with Crippen LogP contribution in [0.4, 0.5) is 5.69 Å². The van der Waals surface area contributed by atoms with E-state index >= 15 is 0 Å². The molecule has 4 aromatic rings. The average molecular weight is 460 g/mol. The van der Waals surface area contributed by atoms with Gasteiger partial charge >= 0.3 is 0 Å². The second kappa shape index (κ2) is 9.51. The van der Waals surface area contributed by atoms with Gasteiger partial charge in [-0.3, -0.25) is 4.79 Å². The summed E-state index contributed by atoms with van der Waals surface area (Å²) in [5.74, 6) is 1.72. The average Bonchev–Trinajstić information content (AvgIpc) is 3.34. The van der Waals surface area contributed by atoms with E-state index in [9.17, 15) is 4.79 Å². The molecule has 0 radical (unpaired) electrons. The molecule has 8 nitrogen and oxygen atoms in total. The molecular formula is C26H29N5O3. The first-order chi connectivity index (χ1) is 16.2. The van der Waals surface area contributed by atoms with E-state index in [1.807, 2.05) is 84.0 Å². The molecule has 8 heteroatoms. The molecule has 4 rings (SSSR count). The fourth-order valence-electron chi connectivity index (χ4n) is 3.58. The zero-order chi connectivity index (χ0) is 24.4. The van der Waals surface area contributed by atoms with Gasteiger partial charge < -0.3 is 14.5 Å². The van der Waals surface area contributed by atoms with Gasteiger partial charge in [-0.15, -0.1) is 5.10 Å².